The molecule has 0 saturated carbocycles. The average Bonchev–Trinajstić information content (AvgIpc) is 2.15. The molecule has 0 saturated heterocycles. The molecule has 2 rings (SSSR count). The molecule has 0 atom stereocenters. The Morgan fingerprint density at radius 3 is 2.92 bits per heavy atom. The maximum absolute atomic E-state index is 9.68. The maximum Gasteiger partial charge on any atom is 0.139 e. The Morgan fingerprint density at radius 1 is 1.38 bits per heavy atom. The van der Waals surface area contributed by atoms with Gasteiger partial charge < -0.3 is 5.11 Å². The van der Waals surface area contributed by atoms with Gasteiger partial charge in [-0.25, -0.2) is 4.98 Å². The largest absolute Gasteiger partial charge is 0.506 e. The predicted octanol–water partition coefficient (Wildman–Crippen LogP) is 2.36. The lowest BCUT2D eigenvalue weighted by Gasteiger charge is -2.14. The first-order chi connectivity index (χ1) is 6.20. The molecule has 0 fully saturated rings. The van der Waals surface area contributed by atoms with Crippen LogP contribution in [-0.2, 0) is 6.42 Å². The minimum atomic E-state index is 0.356. The monoisotopic (exact) mass is 175 g/mol. The van der Waals surface area contributed by atoms with Crippen LogP contribution in [0.2, 0.25) is 0 Å². The second kappa shape index (κ2) is 2.87. The minimum absolute atomic E-state index is 0.356. The molecule has 2 heteroatoms. The van der Waals surface area contributed by atoms with Crippen molar-refractivity contribution in [1.29, 1.82) is 0 Å². The number of pyridine rings is 1. The normalized spacial score (nSPS) is 14.3. The van der Waals surface area contributed by atoms with E-state index in [0.717, 1.165) is 29.8 Å². The molecule has 1 aromatic heterocycles. The molecular formula is C11H13NO. The van der Waals surface area contributed by atoms with Gasteiger partial charge in [-0.3, -0.25) is 0 Å². The quantitative estimate of drug-likeness (QED) is 0.656. The molecule has 0 bridgehead atoms. The molecular weight excluding hydrogens is 162 g/mol. The summed E-state index contributed by atoms with van der Waals surface area (Å²) in [5, 5.41) is 9.68. The van der Waals surface area contributed by atoms with Gasteiger partial charge in [0.15, 0.2) is 0 Å². The number of aromatic hydroxyl groups is 1. The van der Waals surface area contributed by atoms with E-state index in [9.17, 15) is 5.11 Å². The van der Waals surface area contributed by atoms with Gasteiger partial charge in [-0.05, 0) is 43.9 Å². The second-order valence-corrected chi connectivity index (χ2v) is 3.48. The zero-order chi connectivity index (χ0) is 9.42. The third kappa shape index (κ3) is 1.22. The lowest BCUT2D eigenvalue weighted by atomic mass is 9.96. The number of hydrogen-bond acceptors (Lipinski definition) is 2. The van der Waals surface area contributed by atoms with Crippen molar-refractivity contribution >= 4 is 6.08 Å². The first-order valence-electron chi connectivity index (χ1n) is 4.55. The molecule has 68 valence electrons. The molecule has 13 heavy (non-hydrogen) atoms. The highest BCUT2D eigenvalue weighted by Crippen LogP contribution is 2.29. The summed E-state index contributed by atoms with van der Waals surface area (Å²) in [7, 11) is 0. The van der Waals surface area contributed by atoms with E-state index in [1.165, 1.54) is 5.56 Å². The minimum Gasteiger partial charge on any atom is -0.506 e. The van der Waals surface area contributed by atoms with Crippen LogP contribution in [0.4, 0.5) is 0 Å². The van der Waals surface area contributed by atoms with Crippen molar-refractivity contribution < 1.29 is 5.11 Å². The average molecular weight is 175 g/mol. The highest BCUT2D eigenvalue weighted by atomic mass is 16.3. The highest BCUT2D eigenvalue weighted by molar-refractivity contribution is 5.58. The third-order valence-electron chi connectivity index (χ3n) is 2.58. The Morgan fingerprint density at radius 2 is 2.15 bits per heavy atom. The van der Waals surface area contributed by atoms with Crippen molar-refractivity contribution in [3.63, 3.8) is 0 Å². The Balaban J connectivity index is 2.69. The fourth-order valence-electron chi connectivity index (χ4n) is 1.78. The standard InChI is InChI=1S/C11H13NO/c1-7-9-5-3-4-6-10(9)12-8(2)11(7)13/h4,6,13H,3,5H2,1-2H3. The summed E-state index contributed by atoms with van der Waals surface area (Å²) in [4.78, 5) is 4.34. The summed E-state index contributed by atoms with van der Waals surface area (Å²) >= 11 is 0. The topological polar surface area (TPSA) is 33.1 Å². The van der Waals surface area contributed by atoms with E-state index in [1.807, 2.05) is 19.9 Å². The van der Waals surface area contributed by atoms with Crippen LogP contribution < -0.4 is 0 Å². The van der Waals surface area contributed by atoms with E-state index >= 15 is 0 Å². The number of fused-ring (bicyclic) bond motifs is 1. The van der Waals surface area contributed by atoms with Gasteiger partial charge in [0.25, 0.3) is 0 Å². The van der Waals surface area contributed by atoms with Crippen LogP contribution in [-0.4, -0.2) is 10.1 Å². The highest BCUT2D eigenvalue weighted by Gasteiger charge is 2.13. The number of allylic oxidation sites excluding steroid dienone is 1. The van der Waals surface area contributed by atoms with E-state index < -0.39 is 0 Å². The van der Waals surface area contributed by atoms with E-state index in [0.29, 0.717) is 5.75 Å². The van der Waals surface area contributed by atoms with Crippen molar-refractivity contribution in [3.05, 3.63) is 28.6 Å². The number of aryl methyl sites for hydroxylation is 1. The van der Waals surface area contributed by atoms with Crippen LogP contribution in [0.5, 0.6) is 5.75 Å². The van der Waals surface area contributed by atoms with E-state index in [2.05, 4.69) is 11.1 Å². The summed E-state index contributed by atoms with van der Waals surface area (Å²) in [6.45, 7) is 3.80. The lowest BCUT2D eigenvalue weighted by molar-refractivity contribution is 0.461. The first-order valence-corrected chi connectivity index (χ1v) is 4.55. The Bertz CT molecular complexity index is 380. The van der Waals surface area contributed by atoms with E-state index in [-0.39, 0.29) is 0 Å². The SMILES string of the molecule is Cc1nc2c(c(C)c1O)CCC=C2. The van der Waals surface area contributed by atoms with Crippen LogP contribution >= 0.6 is 0 Å². The van der Waals surface area contributed by atoms with Gasteiger partial charge in [-0.15, -0.1) is 0 Å². The van der Waals surface area contributed by atoms with Crippen molar-refractivity contribution in [2.75, 3.05) is 0 Å². The number of aromatic nitrogens is 1. The molecule has 0 aliphatic heterocycles. The number of nitrogens with zero attached hydrogens (tertiary/aromatic N) is 1. The van der Waals surface area contributed by atoms with E-state index in [4.69, 9.17) is 0 Å². The van der Waals surface area contributed by atoms with Gasteiger partial charge in [-0.1, -0.05) is 6.08 Å². The van der Waals surface area contributed by atoms with E-state index in [1.54, 1.807) is 0 Å². The van der Waals surface area contributed by atoms with Gasteiger partial charge in [0.1, 0.15) is 5.75 Å². The van der Waals surface area contributed by atoms with Crippen molar-refractivity contribution in [1.82, 2.24) is 4.98 Å². The van der Waals surface area contributed by atoms with Crippen LogP contribution in [0.1, 0.15) is 28.9 Å². The molecule has 0 spiro atoms. The zero-order valence-corrected chi connectivity index (χ0v) is 7.96. The van der Waals surface area contributed by atoms with Crippen molar-refractivity contribution in [3.8, 4) is 5.75 Å². The molecule has 1 aliphatic rings. The molecule has 0 aromatic carbocycles. The zero-order valence-electron chi connectivity index (χ0n) is 7.96. The molecule has 1 aromatic rings. The second-order valence-electron chi connectivity index (χ2n) is 3.48. The fraction of sp³-hybridized carbons (Fsp3) is 0.364. The Labute approximate surface area is 77.9 Å². The van der Waals surface area contributed by atoms with Crippen LogP contribution in [0.15, 0.2) is 6.08 Å². The van der Waals surface area contributed by atoms with Crippen molar-refractivity contribution in [2.24, 2.45) is 0 Å². The van der Waals surface area contributed by atoms with Gasteiger partial charge in [0.05, 0.1) is 11.4 Å². The number of hydrogen-bond donors (Lipinski definition) is 1. The van der Waals surface area contributed by atoms with Gasteiger partial charge in [-0.2, -0.15) is 0 Å². The summed E-state index contributed by atoms with van der Waals surface area (Å²) in [6.07, 6.45) is 6.22. The maximum atomic E-state index is 9.68. The molecule has 1 aliphatic carbocycles. The molecule has 0 unspecified atom stereocenters. The van der Waals surface area contributed by atoms with Crippen LogP contribution in [0, 0.1) is 13.8 Å². The lowest BCUT2D eigenvalue weighted by Crippen LogP contribution is -2.02. The molecule has 0 radical (unpaired) electrons. The van der Waals surface area contributed by atoms with Gasteiger partial charge >= 0.3 is 0 Å². The number of rotatable bonds is 0. The summed E-state index contributed by atoms with van der Waals surface area (Å²) in [5.41, 5.74) is 3.94. The molecule has 1 heterocycles. The molecule has 2 nitrogen and oxygen atoms in total. The Kier molecular flexibility index (Phi) is 1.83. The van der Waals surface area contributed by atoms with Gasteiger partial charge in [0, 0.05) is 0 Å². The predicted molar refractivity (Wildman–Crippen MR) is 52.7 cm³/mol. The third-order valence-corrected chi connectivity index (χ3v) is 2.58. The summed E-state index contributed by atoms with van der Waals surface area (Å²) < 4.78 is 0. The molecule has 1 N–H and O–H groups in total. The first kappa shape index (κ1) is 8.30. The Hall–Kier alpha value is -1.31. The fourth-order valence-corrected chi connectivity index (χ4v) is 1.78. The smallest absolute Gasteiger partial charge is 0.139 e. The van der Waals surface area contributed by atoms with Crippen LogP contribution in [0.25, 0.3) is 6.08 Å². The molecule has 0 amide bonds. The van der Waals surface area contributed by atoms with Crippen LogP contribution in [0.3, 0.4) is 0 Å². The van der Waals surface area contributed by atoms with Crippen molar-refractivity contribution in [2.45, 2.75) is 26.7 Å². The van der Waals surface area contributed by atoms with Gasteiger partial charge in [0.2, 0.25) is 0 Å². The summed E-state index contributed by atoms with van der Waals surface area (Å²) in [5.74, 6) is 0.356. The summed E-state index contributed by atoms with van der Waals surface area (Å²) in [6, 6.07) is 0.